The molecule has 0 fully saturated rings. The maximum atomic E-state index is 13.7. The predicted octanol–water partition coefficient (Wildman–Crippen LogP) is 6.51. The van der Waals surface area contributed by atoms with Crippen molar-refractivity contribution in [1.29, 1.82) is 0 Å². The van der Waals surface area contributed by atoms with Gasteiger partial charge >= 0.3 is 0 Å². The minimum atomic E-state index is -0.0290. The lowest BCUT2D eigenvalue weighted by Crippen LogP contribution is -2.32. The Bertz CT molecular complexity index is 1410. The molecule has 0 saturated carbocycles. The zero-order valence-corrected chi connectivity index (χ0v) is 20.1. The van der Waals surface area contributed by atoms with E-state index in [1.54, 1.807) is 23.9 Å². The number of nitrogens with zero attached hydrogens (tertiary/aromatic N) is 4. The first-order chi connectivity index (χ1) is 16.6. The molecule has 5 nitrogen and oxygen atoms in total. The van der Waals surface area contributed by atoms with E-state index in [-0.39, 0.29) is 5.91 Å². The van der Waals surface area contributed by atoms with E-state index >= 15 is 0 Å². The fourth-order valence-corrected chi connectivity index (χ4v) is 5.23. The summed E-state index contributed by atoms with van der Waals surface area (Å²) in [7, 11) is 0. The Kier molecular flexibility index (Phi) is 6.23. The van der Waals surface area contributed by atoms with Crippen LogP contribution < -0.4 is 4.90 Å². The van der Waals surface area contributed by atoms with Crippen LogP contribution in [-0.4, -0.2) is 27.0 Å². The second-order valence-electron chi connectivity index (χ2n) is 8.48. The van der Waals surface area contributed by atoms with E-state index in [1.165, 1.54) is 11.1 Å². The van der Waals surface area contributed by atoms with Crippen LogP contribution in [0.1, 0.15) is 27.9 Å². The average Bonchev–Trinajstić information content (AvgIpc) is 3.52. The molecule has 0 aliphatic carbocycles. The molecule has 2 heterocycles. The minimum Gasteiger partial charge on any atom is -0.337 e. The summed E-state index contributed by atoms with van der Waals surface area (Å²) in [5.74, 6) is -0.0290. The fourth-order valence-electron chi connectivity index (χ4n) is 4.19. The van der Waals surface area contributed by atoms with E-state index < -0.39 is 0 Å². The van der Waals surface area contributed by atoms with Gasteiger partial charge in [-0.15, -0.1) is 0 Å². The summed E-state index contributed by atoms with van der Waals surface area (Å²) >= 11 is 1.59. The van der Waals surface area contributed by atoms with Crippen molar-refractivity contribution in [3.8, 4) is 11.1 Å². The van der Waals surface area contributed by atoms with Gasteiger partial charge in [-0.05, 0) is 60.7 Å². The zero-order chi connectivity index (χ0) is 23.5. The number of amides is 1. The van der Waals surface area contributed by atoms with Crippen LogP contribution in [0.5, 0.6) is 0 Å². The van der Waals surface area contributed by atoms with Crippen molar-refractivity contribution in [3.05, 3.63) is 102 Å². The Labute approximate surface area is 203 Å². The molecule has 5 rings (SSSR count). The number of hydrogen-bond donors (Lipinski definition) is 0. The lowest BCUT2D eigenvalue weighted by Gasteiger charge is -2.20. The van der Waals surface area contributed by atoms with Crippen LogP contribution in [0.2, 0.25) is 0 Å². The van der Waals surface area contributed by atoms with Crippen LogP contribution in [0.4, 0.5) is 5.13 Å². The van der Waals surface area contributed by atoms with Crippen LogP contribution in [0, 0.1) is 13.8 Å². The largest absolute Gasteiger partial charge is 0.337 e. The van der Waals surface area contributed by atoms with Crippen LogP contribution in [0.25, 0.3) is 21.3 Å². The van der Waals surface area contributed by atoms with Gasteiger partial charge in [0.15, 0.2) is 5.13 Å². The molecule has 34 heavy (non-hydrogen) atoms. The average molecular weight is 467 g/mol. The highest BCUT2D eigenvalue weighted by Crippen LogP contribution is 2.33. The number of aromatic nitrogens is 3. The second kappa shape index (κ2) is 9.61. The topological polar surface area (TPSA) is 51.0 Å². The first kappa shape index (κ1) is 22.0. The lowest BCUT2D eigenvalue weighted by molar-refractivity contribution is 0.0986. The quantitative estimate of drug-likeness (QED) is 0.275. The van der Waals surface area contributed by atoms with Crippen molar-refractivity contribution in [2.45, 2.75) is 26.8 Å². The van der Waals surface area contributed by atoms with Crippen molar-refractivity contribution in [1.82, 2.24) is 14.5 Å². The molecule has 0 bridgehead atoms. The van der Waals surface area contributed by atoms with E-state index in [0.29, 0.717) is 12.1 Å². The first-order valence-electron chi connectivity index (χ1n) is 11.4. The van der Waals surface area contributed by atoms with Crippen molar-refractivity contribution in [2.24, 2.45) is 0 Å². The Balaban J connectivity index is 1.44. The van der Waals surface area contributed by atoms with E-state index in [1.807, 2.05) is 58.1 Å². The number of aryl methyl sites for hydroxylation is 3. The second-order valence-corrected chi connectivity index (χ2v) is 9.46. The molecule has 0 spiro atoms. The number of thiazole rings is 1. The molecule has 6 heteroatoms. The van der Waals surface area contributed by atoms with E-state index in [0.717, 1.165) is 39.4 Å². The molecule has 2 aromatic heterocycles. The van der Waals surface area contributed by atoms with Crippen molar-refractivity contribution in [3.63, 3.8) is 0 Å². The molecule has 5 aromatic rings. The van der Waals surface area contributed by atoms with E-state index in [9.17, 15) is 4.79 Å². The number of hydrogen-bond acceptors (Lipinski definition) is 4. The first-order valence-corrected chi connectivity index (χ1v) is 12.2. The Morgan fingerprint density at radius 2 is 1.76 bits per heavy atom. The van der Waals surface area contributed by atoms with Crippen LogP contribution in [-0.2, 0) is 6.54 Å². The van der Waals surface area contributed by atoms with Gasteiger partial charge < -0.3 is 4.57 Å². The van der Waals surface area contributed by atoms with Gasteiger partial charge in [0.1, 0.15) is 0 Å². The number of carbonyl (C=O) groups excluding carboxylic acids is 1. The van der Waals surface area contributed by atoms with E-state index in [2.05, 4.69) is 43.1 Å². The number of fused-ring (bicyclic) bond motifs is 1. The summed E-state index contributed by atoms with van der Waals surface area (Å²) in [4.78, 5) is 24.5. The molecular weight excluding hydrogens is 440 g/mol. The van der Waals surface area contributed by atoms with Crippen molar-refractivity contribution < 1.29 is 4.79 Å². The van der Waals surface area contributed by atoms with E-state index in [4.69, 9.17) is 4.98 Å². The Hall–Kier alpha value is -3.77. The third kappa shape index (κ3) is 4.63. The molecule has 0 atom stereocenters. The van der Waals surface area contributed by atoms with Gasteiger partial charge in [0.25, 0.3) is 5.91 Å². The fraction of sp³-hybridized carbons (Fsp3) is 0.179. The molecule has 1 amide bonds. The van der Waals surface area contributed by atoms with Crippen molar-refractivity contribution >= 4 is 32.6 Å². The Morgan fingerprint density at radius 3 is 2.50 bits per heavy atom. The minimum absolute atomic E-state index is 0.0290. The van der Waals surface area contributed by atoms with Gasteiger partial charge in [-0.2, -0.15) is 0 Å². The van der Waals surface area contributed by atoms with Crippen molar-refractivity contribution in [2.75, 3.05) is 11.4 Å². The molecule has 0 saturated heterocycles. The molecule has 170 valence electrons. The zero-order valence-electron chi connectivity index (χ0n) is 19.3. The number of carbonyl (C=O) groups is 1. The summed E-state index contributed by atoms with van der Waals surface area (Å²) < 4.78 is 3.16. The highest BCUT2D eigenvalue weighted by molar-refractivity contribution is 7.22. The lowest BCUT2D eigenvalue weighted by atomic mass is 10.0. The molecule has 0 aliphatic heterocycles. The van der Waals surface area contributed by atoms with Crippen LogP contribution >= 0.6 is 11.3 Å². The molecular formula is C28H26N4OS. The summed E-state index contributed by atoms with van der Waals surface area (Å²) in [6.45, 7) is 5.55. The molecule has 0 unspecified atom stereocenters. The summed E-state index contributed by atoms with van der Waals surface area (Å²) in [6, 6.07) is 22.3. The summed E-state index contributed by atoms with van der Waals surface area (Å²) in [5, 5.41) is 0.742. The smallest absolute Gasteiger partial charge is 0.260 e. The standard InChI is InChI=1S/C28H26N4OS/c1-20-17-21(2)26-25(18-20)30-28(34-26)32(15-6-14-31-16-13-29-19-31)27(33)24-11-9-23(10-12-24)22-7-4-3-5-8-22/h3-5,7-13,16-19H,6,14-15H2,1-2H3. The SMILES string of the molecule is Cc1cc(C)c2sc(N(CCCn3ccnc3)C(=O)c3ccc(-c4ccccc4)cc3)nc2c1. The monoisotopic (exact) mass is 466 g/mol. The van der Waals surface area contributed by atoms with Gasteiger partial charge in [-0.25, -0.2) is 9.97 Å². The normalized spacial score (nSPS) is 11.1. The van der Waals surface area contributed by atoms with Gasteiger partial charge in [0.2, 0.25) is 0 Å². The number of imidazole rings is 1. The number of anilines is 1. The molecule has 0 aliphatic rings. The maximum absolute atomic E-state index is 13.7. The van der Waals surface area contributed by atoms with Gasteiger partial charge in [0.05, 0.1) is 16.5 Å². The highest BCUT2D eigenvalue weighted by Gasteiger charge is 2.22. The molecule has 3 aromatic carbocycles. The third-order valence-corrected chi connectivity index (χ3v) is 7.11. The predicted molar refractivity (Wildman–Crippen MR) is 139 cm³/mol. The highest BCUT2D eigenvalue weighted by atomic mass is 32.1. The Morgan fingerprint density at radius 1 is 1.00 bits per heavy atom. The third-order valence-electron chi connectivity index (χ3n) is 5.88. The molecule has 0 N–H and O–H groups in total. The van der Waals surface area contributed by atoms with Gasteiger partial charge in [-0.1, -0.05) is 59.9 Å². The van der Waals surface area contributed by atoms with Crippen LogP contribution in [0.15, 0.2) is 85.5 Å². The molecule has 0 radical (unpaired) electrons. The maximum Gasteiger partial charge on any atom is 0.260 e. The van der Waals surface area contributed by atoms with Gasteiger partial charge in [0, 0.05) is 31.0 Å². The number of rotatable bonds is 7. The summed E-state index contributed by atoms with van der Waals surface area (Å²) in [5.41, 5.74) is 6.21. The van der Waals surface area contributed by atoms with Crippen LogP contribution in [0.3, 0.4) is 0 Å². The van der Waals surface area contributed by atoms with Gasteiger partial charge in [-0.3, -0.25) is 9.69 Å². The number of benzene rings is 3. The summed E-state index contributed by atoms with van der Waals surface area (Å²) in [6.07, 6.45) is 6.32.